The number of carbonyl (C=O) groups excluding carboxylic acids is 1. The van der Waals surface area contributed by atoms with Crippen LogP contribution in [0.15, 0.2) is 79.0 Å². The number of aromatic nitrogens is 2. The van der Waals surface area contributed by atoms with Crippen molar-refractivity contribution in [2.45, 2.75) is 26.5 Å². The molecular weight excluding hydrogens is 410 g/mol. The van der Waals surface area contributed by atoms with Crippen molar-refractivity contribution < 1.29 is 18.3 Å². The number of ketones is 1. The summed E-state index contributed by atoms with van der Waals surface area (Å²) in [6.45, 7) is 2.87. The van der Waals surface area contributed by atoms with E-state index in [1.165, 1.54) is 11.6 Å². The lowest BCUT2D eigenvalue weighted by Gasteiger charge is -2.12. The second-order valence-corrected chi connectivity index (χ2v) is 7.58. The standard InChI is InChI=1S/C26H22F2N2O2/c1-18-6-4-7-19(14-18)17-32-26-11-3-2-8-20(26)16-30-13-12-24(29-30)25(31)15-21-22(27)9-5-10-23(21)28/h2-14H,15-17H2,1H3. The second kappa shape index (κ2) is 9.56. The van der Waals surface area contributed by atoms with Crippen LogP contribution in [0, 0.1) is 18.6 Å². The van der Waals surface area contributed by atoms with Gasteiger partial charge in [-0.25, -0.2) is 8.78 Å². The summed E-state index contributed by atoms with van der Waals surface area (Å²) < 4.78 is 35.3. The van der Waals surface area contributed by atoms with Gasteiger partial charge in [-0.05, 0) is 36.8 Å². The van der Waals surface area contributed by atoms with Gasteiger partial charge in [-0.2, -0.15) is 5.10 Å². The normalized spacial score (nSPS) is 10.8. The summed E-state index contributed by atoms with van der Waals surface area (Å²) in [4.78, 5) is 12.5. The third-order valence-corrected chi connectivity index (χ3v) is 5.11. The van der Waals surface area contributed by atoms with Gasteiger partial charge in [0.15, 0.2) is 5.78 Å². The number of halogens is 2. The van der Waals surface area contributed by atoms with Crippen LogP contribution in [0.25, 0.3) is 0 Å². The van der Waals surface area contributed by atoms with Crippen LogP contribution >= 0.6 is 0 Å². The first-order valence-electron chi connectivity index (χ1n) is 10.3. The van der Waals surface area contributed by atoms with Crippen LogP contribution in [0.5, 0.6) is 5.75 Å². The Morgan fingerprint density at radius 1 is 0.969 bits per heavy atom. The molecule has 3 aromatic carbocycles. The van der Waals surface area contributed by atoms with E-state index < -0.39 is 17.4 Å². The molecule has 1 aromatic heterocycles. The summed E-state index contributed by atoms with van der Waals surface area (Å²) >= 11 is 0. The summed E-state index contributed by atoms with van der Waals surface area (Å²) in [6.07, 6.45) is 1.29. The Kier molecular flexibility index (Phi) is 6.40. The molecule has 0 bridgehead atoms. The molecule has 0 spiro atoms. The molecule has 4 nitrogen and oxygen atoms in total. The number of rotatable bonds is 8. The fourth-order valence-electron chi connectivity index (χ4n) is 3.46. The average molecular weight is 432 g/mol. The molecule has 1 heterocycles. The molecule has 162 valence electrons. The zero-order valence-corrected chi connectivity index (χ0v) is 17.6. The molecule has 4 rings (SSSR count). The van der Waals surface area contributed by atoms with Crippen molar-refractivity contribution in [2.75, 3.05) is 0 Å². The van der Waals surface area contributed by atoms with Gasteiger partial charge < -0.3 is 4.74 Å². The first kappa shape index (κ1) is 21.4. The van der Waals surface area contributed by atoms with Gasteiger partial charge in [-0.1, -0.05) is 54.1 Å². The molecule has 4 aromatic rings. The number of nitrogens with zero attached hydrogens (tertiary/aromatic N) is 2. The Balaban J connectivity index is 1.45. The van der Waals surface area contributed by atoms with Crippen LogP contribution in [0.4, 0.5) is 8.78 Å². The van der Waals surface area contributed by atoms with Gasteiger partial charge in [0.05, 0.1) is 6.54 Å². The Hall–Kier alpha value is -3.80. The minimum atomic E-state index is -0.738. The highest BCUT2D eigenvalue weighted by Crippen LogP contribution is 2.21. The van der Waals surface area contributed by atoms with Crippen LogP contribution in [0.2, 0.25) is 0 Å². The zero-order chi connectivity index (χ0) is 22.5. The minimum absolute atomic E-state index is 0.158. The lowest BCUT2D eigenvalue weighted by atomic mass is 10.1. The lowest BCUT2D eigenvalue weighted by molar-refractivity contribution is 0.0985. The topological polar surface area (TPSA) is 44.1 Å². The van der Waals surface area contributed by atoms with E-state index in [0.717, 1.165) is 29.0 Å². The fourth-order valence-corrected chi connectivity index (χ4v) is 3.46. The first-order chi connectivity index (χ1) is 15.5. The van der Waals surface area contributed by atoms with E-state index in [2.05, 4.69) is 11.2 Å². The van der Waals surface area contributed by atoms with E-state index in [1.807, 2.05) is 49.4 Å². The van der Waals surface area contributed by atoms with Gasteiger partial charge in [0.1, 0.15) is 29.7 Å². The van der Waals surface area contributed by atoms with Gasteiger partial charge in [0.2, 0.25) is 0 Å². The fraction of sp³-hybridized carbons (Fsp3) is 0.154. The van der Waals surface area contributed by atoms with Crippen molar-refractivity contribution in [3.63, 3.8) is 0 Å². The van der Waals surface area contributed by atoms with E-state index >= 15 is 0 Å². The molecule has 0 amide bonds. The monoisotopic (exact) mass is 432 g/mol. The zero-order valence-electron chi connectivity index (χ0n) is 17.6. The van der Waals surface area contributed by atoms with Crippen molar-refractivity contribution in [1.82, 2.24) is 9.78 Å². The number of Topliss-reactive ketones (excluding diaryl/α,β-unsaturated/α-hetero) is 1. The smallest absolute Gasteiger partial charge is 0.187 e. The first-order valence-corrected chi connectivity index (χ1v) is 10.3. The largest absolute Gasteiger partial charge is 0.489 e. The molecule has 0 fully saturated rings. The van der Waals surface area contributed by atoms with E-state index in [1.54, 1.807) is 16.9 Å². The van der Waals surface area contributed by atoms with Crippen molar-refractivity contribution >= 4 is 5.78 Å². The number of hydrogen-bond acceptors (Lipinski definition) is 3. The average Bonchev–Trinajstić information content (AvgIpc) is 3.24. The van der Waals surface area contributed by atoms with Crippen molar-refractivity contribution in [2.24, 2.45) is 0 Å². The highest BCUT2D eigenvalue weighted by molar-refractivity contribution is 5.95. The molecule has 0 N–H and O–H groups in total. The number of carbonyl (C=O) groups is 1. The molecule has 6 heteroatoms. The SMILES string of the molecule is Cc1cccc(COc2ccccc2Cn2ccc(C(=O)Cc3c(F)cccc3F)n2)c1. The van der Waals surface area contributed by atoms with Crippen LogP contribution in [0.3, 0.4) is 0 Å². The Morgan fingerprint density at radius 2 is 1.72 bits per heavy atom. The van der Waals surface area contributed by atoms with E-state index in [4.69, 9.17) is 4.74 Å². The predicted molar refractivity (Wildman–Crippen MR) is 118 cm³/mol. The molecule has 0 aliphatic heterocycles. The molecule has 0 atom stereocenters. The van der Waals surface area contributed by atoms with Gasteiger partial charge in [0, 0.05) is 23.7 Å². The van der Waals surface area contributed by atoms with Crippen LogP contribution in [0.1, 0.15) is 32.7 Å². The number of para-hydroxylation sites is 1. The van der Waals surface area contributed by atoms with Crippen LogP contribution in [-0.4, -0.2) is 15.6 Å². The Bertz CT molecular complexity index is 1230. The maximum absolute atomic E-state index is 13.8. The lowest BCUT2D eigenvalue weighted by Crippen LogP contribution is -2.10. The third kappa shape index (κ3) is 5.09. The van der Waals surface area contributed by atoms with E-state index in [0.29, 0.717) is 13.2 Å². The Morgan fingerprint density at radius 3 is 2.50 bits per heavy atom. The predicted octanol–water partition coefficient (Wildman–Crippen LogP) is 5.52. The Labute approximate surface area is 185 Å². The second-order valence-electron chi connectivity index (χ2n) is 7.58. The molecule has 32 heavy (non-hydrogen) atoms. The number of ether oxygens (including phenoxy) is 1. The molecule has 0 aliphatic carbocycles. The summed E-state index contributed by atoms with van der Waals surface area (Å²) in [5, 5.41) is 4.30. The van der Waals surface area contributed by atoms with E-state index in [9.17, 15) is 13.6 Å². The number of benzene rings is 3. The van der Waals surface area contributed by atoms with Crippen LogP contribution < -0.4 is 4.74 Å². The summed E-state index contributed by atoms with van der Waals surface area (Å²) in [5.41, 5.74) is 3.06. The molecule has 0 unspecified atom stereocenters. The number of hydrogen-bond donors (Lipinski definition) is 0. The minimum Gasteiger partial charge on any atom is -0.489 e. The quantitative estimate of drug-likeness (QED) is 0.344. The van der Waals surface area contributed by atoms with Gasteiger partial charge >= 0.3 is 0 Å². The number of aryl methyl sites for hydroxylation is 1. The third-order valence-electron chi connectivity index (χ3n) is 5.11. The highest BCUT2D eigenvalue weighted by Gasteiger charge is 2.17. The van der Waals surface area contributed by atoms with Crippen molar-refractivity contribution in [3.05, 3.63) is 119 Å². The summed E-state index contributed by atoms with van der Waals surface area (Å²) in [6, 6.07) is 20.8. The molecule has 0 radical (unpaired) electrons. The highest BCUT2D eigenvalue weighted by atomic mass is 19.1. The maximum atomic E-state index is 13.8. The molecular formula is C26H22F2N2O2. The van der Waals surface area contributed by atoms with Crippen molar-refractivity contribution in [1.29, 1.82) is 0 Å². The van der Waals surface area contributed by atoms with Crippen molar-refractivity contribution in [3.8, 4) is 5.75 Å². The summed E-state index contributed by atoms with van der Waals surface area (Å²) in [7, 11) is 0. The summed E-state index contributed by atoms with van der Waals surface area (Å²) in [5.74, 6) is -1.20. The molecule has 0 aliphatic rings. The van der Waals surface area contributed by atoms with Gasteiger partial charge in [-0.15, -0.1) is 0 Å². The molecule has 0 saturated carbocycles. The van der Waals surface area contributed by atoms with Crippen LogP contribution in [-0.2, 0) is 19.6 Å². The molecule has 0 saturated heterocycles. The van der Waals surface area contributed by atoms with Gasteiger partial charge in [-0.3, -0.25) is 9.48 Å². The van der Waals surface area contributed by atoms with Gasteiger partial charge in [0.25, 0.3) is 0 Å². The maximum Gasteiger partial charge on any atom is 0.187 e. The van der Waals surface area contributed by atoms with E-state index in [-0.39, 0.29) is 17.7 Å².